The van der Waals surface area contributed by atoms with Crippen molar-refractivity contribution < 1.29 is 41.8 Å². The van der Waals surface area contributed by atoms with Crippen molar-refractivity contribution in [2.45, 2.75) is 58.0 Å². The number of benzene rings is 4. The van der Waals surface area contributed by atoms with Crippen molar-refractivity contribution in [1.82, 2.24) is 10.6 Å². The Hall–Kier alpha value is -5.06. The molecule has 0 fully saturated rings. The lowest BCUT2D eigenvalue weighted by Gasteiger charge is -2.23. The molecule has 8 nitrogen and oxygen atoms in total. The van der Waals surface area contributed by atoms with E-state index in [1.54, 1.807) is 64.1 Å². The Morgan fingerprint density at radius 1 is 0.826 bits per heavy atom. The monoisotopic (exact) mass is 636 g/mol. The number of ether oxygens (including phenoxy) is 3. The fourth-order valence-corrected chi connectivity index (χ4v) is 4.47. The Morgan fingerprint density at radius 2 is 1.52 bits per heavy atom. The number of rotatable bonds is 10. The Kier molecular flexibility index (Phi) is 10.6. The standard InChI is InChI=1S/C35H35F3N2O6/c1-22(21-44-32(42)29(19-23-9-6-5-7-10-23)40-33(43)46-34(2,3)4)39-31(41)25-13-18-28-24(20-25)11-8-12-30(28)45-27-16-14-26(15-17-27)35(36,37)38/h5-18,20,22,29H,19,21H2,1-4H3,(H,39,41)(H,40,43)/t22-,29+/m1/s1. The summed E-state index contributed by atoms with van der Waals surface area (Å²) in [7, 11) is 0. The van der Waals surface area contributed by atoms with Gasteiger partial charge in [-0.1, -0.05) is 42.5 Å². The van der Waals surface area contributed by atoms with Gasteiger partial charge in [0.2, 0.25) is 0 Å². The molecule has 0 spiro atoms. The molecule has 2 amide bonds. The molecule has 0 aliphatic rings. The van der Waals surface area contributed by atoms with Crippen molar-refractivity contribution in [2.75, 3.05) is 6.61 Å². The molecule has 242 valence electrons. The number of fused-ring (bicyclic) bond motifs is 1. The van der Waals surface area contributed by atoms with Crippen LogP contribution in [0.1, 0.15) is 49.2 Å². The highest BCUT2D eigenvalue weighted by Gasteiger charge is 2.30. The fourth-order valence-electron chi connectivity index (χ4n) is 4.47. The number of halogens is 3. The topological polar surface area (TPSA) is 103 Å². The maximum atomic E-state index is 13.0. The van der Waals surface area contributed by atoms with Crippen LogP contribution in [-0.4, -0.2) is 42.3 Å². The molecule has 0 unspecified atom stereocenters. The zero-order valence-corrected chi connectivity index (χ0v) is 25.8. The number of nitrogens with one attached hydrogen (secondary N) is 2. The first-order valence-electron chi connectivity index (χ1n) is 14.6. The predicted molar refractivity (Wildman–Crippen MR) is 167 cm³/mol. The van der Waals surface area contributed by atoms with Gasteiger partial charge in [-0.15, -0.1) is 0 Å². The van der Waals surface area contributed by atoms with Crippen molar-refractivity contribution in [2.24, 2.45) is 0 Å². The van der Waals surface area contributed by atoms with E-state index in [0.29, 0.717) is 22.1 Å². The van der Waals surface area contributed by atoms with E-state index in [2.05, 4.69) is 10.6 Å². The summed E-state index contributed by atoms with van der Waals surface area (Å²) in [6.07, 6.45) is -5.02. The third-order valence-electron chi connectivity index (χ3n) is 6.62. The molecule has 2 atom stereocenters. The zero-order valence-electron chi connectivity index (χ0n) is 25.8. The van der Waals surface area contributed by atoms with E-state index >= 15 is 0 Å². The van der Waals surface area contributed by atoms with E-state index in [1.807, 2.05) is 30.3 Å². The van der Waals surface area contributed by atoms with E-state index in [9.17, 15) is 27.6 Å². The SMILES string of the molecule is C[C@H](COC(=O)[C@H](Cc1ccccc1)NC(=O)OC(C)(C)C)NC(=O)c1ccc2c(Oc3ccc(C(F)(F)F)cc3)cccc2c1. The molecule has 4 aromatic rings. The molecule has 0 aromatic heterocycles. The van der Waals surface area contributed by atoms with E-state index < -0.39 is 47.4 Å². The average molecular weight is 637 g/mol. The van der Waals surface area contributed by atoms with Gasteiger partial charge in [0, 0.05) is 17.4 Å². The molecule has 46 heavy (non-hydrogen) atoms. The summed E-state index contributed by atoms with van der Waals surface area (Å²) in [5, 5.41) is 6.71. The van der Waals surface area contributed by atoms with Gasteiger partial charge in [-0.2, -0.15) is 13.2 Å². The molecule has 0 aliphatic carbocycles. The summed E-state index contributed by atoms with van der Waals surface area (Å²) < 4.78 is 55.3. The molecule has 2 N–H and O–H groups in total. The number of alkyl carbamates (subject to hydrolysis) is 1. The third kappa shape index (κ3) is 9.72. The van der Waals surface area contributed by atoms with E-state index in [-0.39, 0.29) is 18.8 Å². The molecular weight excluding hydrogens is 601 g/mol. The third-order valence-corrected chi connectivity index (χ3v) is 6.62. The minimum absolute atomic E-state index is 0.148. The van der Waals surface area contributed by atoms with Crippen LogP contribution in [0.5, 0.6) is 11.5 Å². The van der Waals surface area contributed by atoms with Crippen LogP contribution in [0.25, 0.3) is 10.8 Å². The largest absolute Gasteiger partial charge is 0.462 e. The maximum Gasteiger partial charge on any atom is 0.416 e. The summed E-state index contributed by atoms with van der Waals surface area (Å²) in [6, 6.07) is 22.0. The fraction of sp³-hybridized carbons (Fsp3) is 0.286. The number of carbonyl (C=O) groups is 3. The quantitative estimate of drug-likeness (QED) is 0.175. The van der Waals surface area contributed by atoms with Gasteiger partial charge in [0.15, 0.2) is 0 Å². The Morgan fingerprint density at radius 3 is 2.17 bits per heavy atom. The molecule has 0 heterocycles. The Bertz CT molecular complexity index is 1670. The Balaban J connectivity index is 1.37. The minimum atomic E-state index is -4.45. The molecule has 0 aliphatic heterocycles. The summed E-state index contributed by atoms with van der Waals surface area (Å²) in [6.45, 7) is 6.67. The van der Waals surface area contributed by atoms with Crippen LogP contribution in [-0.2, 0) is 26.9 Å². The number of hydrogen-bond acceptors (Lipinski definition) is 6. The van der Waals surface area contributed by atoms with Gasteiger partial charge in [-0.3, -0.25) is 4.79 Å². The first kappa shape index (κ1) is 33.8. The van der Waals surface area contributed by atoms with E-state index in [0.717, 1.165) is 17.7 Å². The molecule has 0 bridgehead atoms. The van der Waals surface area contributed by atoms with Crippen LogP contribution in [0.2, 0.25) is 0 Å². The highest BCUT2D eigenvalue weighted by atomic mass is 19.4. The molecular formula is C35H35F3N2O6. The van der Waals surface area contributed by atoms with Crippen LogP contribution < -0.4 is 15.4 Å². The lowest BCUT2D eigenvalue weighted by atomic mass is 10.1. The van der Waals surface area contributed by atoms with Crippen LogP contribution >= 0.6 is 0 Å². The minimum Gasteiger partial charge on any atom is -0.462 e. The van der Waals surface area contributed by atoms with Crippen LogP contribution in [0, 0.1) is 0 Å². The van der Waals surface area contributed by atoms with Gasteiger partial charge < -0.3 is 24.8 Å². The molecule has 0 saturated heterocycles. The van der Waals surface area contributed by atoms with Gasteiger partial charge in [0.25, 0.3) is 5.91 Å². The average Bonchev–Trinajstić information content (AvgIpc) is 2.99. The summed E-state index contributed by atoms with van der Waals surface area (Å²) in [4.78, 5) is 38.5. The first-order chi connectivity index (χ1) is 21.7. The van der Waals surface area contributed by atoms with Crippen molar-refractivity contribution in [1.29, 1.82) is 0 Å². The highest BCUT2D eigenvalue weighted by molar-refractivity contribution is 6.00. The Labute approximate surface area is 264 Å². The van der Waals surface area contributed by atoms with Gasteiger partial charge in [0.05, 0.1) is 11.6 Å². The molecule has 4 rings (SSSR count). The summed E-state index contributed by atoms with van der Waals surface area (Å²) >= 11 is 0. The van der Waals surface area contributed by atoms with Crippen molar-refractivity contribution in [3.05, 3.63) is 108 Å². The zero-order chi connectivity index (χ0) is 33.5. The van der Waals surface area contributed by atoms with Crippen LogP contribution in [0.15, 0.2) is 91.0 Å². The predicted octanol–water partition coefficient (Wildman–Crippen LogP) is 7.45. The maximum absolute atomic E-state index is 13.0. The van der Waals surface area contributed by atoms with Crippen molar-refractivity contribution in [3.8, 4) is 11.5 Å². The molecule has 0 radical (unpaired) electrons. The number of hydrogen-bond donors (Lipinski definition) is 2. The normalized spacial score (nSPS) is 12.9. The smallest absolute Gasteiger partial charge is 0.416 e. The van der Waals surface area contributed by atoms with Crippen LogP contribution in [0.4, 0.5) is 18.0 Å². The van der Waals surface area contributed by atoms with Crippen LogP contribution in [0.3, 0.4) is 0 Å². The van der Waals surface area contributed by atoms with Crippen molar-refractivity contribution in [3.63, 3.8) is 0 Å². The second-order valence-corrected chi connectivity index (χ2v) is 11.7. The van der Waals surface area contributed by atoms with Gasteiger partial charge >= 0.3 is 18.2 Å². The van der Waals surface area contributed by atoms with Gasteiger partial charge in [-0.25, -0.2) is 9.59 Å². The number of carbonyl (C=O) groups excluding carboxylic acids is 3. The number of alkyl halides is 3. The second-order valence-electron chi connectivity index (χ2n) is 11.7. The molecule has 11 heteroatoms. The van der Waals surface area contributed by atoms with Gasteiger partial charge in [0.1, 0.15) is 29.7 Å². The summed E-state index contributed by atoms with van der Waals surface area (Å²) in [5.74, 6) is -0.443. The first-order valence-corrected chi connectivity index (χ1v) is 14.6. The lowest BCUT2D eigenvalue weighted by molar-refractivity contribution is -0.146. The number of amides is 2. The lowest BCUT2D eigenvalue weighted by Crippen LogP contribution is -2.46. The molecule has 4 aromatic carbocycles. The highest BCUT2D eigenvalue weighted by Crippen LogP contribution is 2.33. The second kappa shape index (κ2) is 14.4. The van der Waals surface area contributed by atoms with Crippen molar-refractivity contribution >= 4 is 28.7 Å². The summed E-state index contributed by atoms with van der Waals surface area (Å²) in [5.41, 5.74) is -0.382. The van der Waals surface area contributed by atoms with E-state index in [1.165, 1.54) is 12.1 Å². The van der Waals surface area contributed by atoms with E-state index in [4.69, 9.17) is 14.2 Å². The molecule has 0 saturated carbocycles. The number of esters is 1. The van der Waals surface area contributed by atoms with Gasteiger partial charge in [-0.05, 0) is 87.2 Å².